The maximum atomic E-state index is 8.82. The van der Waals surface area contributed by atoms with Gasteiger partial charge in [0.25, 0.3) is 0 Å². The minimum Gasteiger partial charge on any atom is -0.457 e. The summed E-state index contributed by atoms with van der Waals surface area (Å²) < 4.78 is 11.1. The maximum Gasteiger partial charge on any atom is 0.309 e. The van der Waals surface area contributed by atoms with Crippen LogP contribution in [0, 0.1) is 11.3 Å². The number of benzene rings is 2. The molecule has 2 aromatic carbocycles. The standard InChI is InChI=1S/C14H9BClNO2/c16-14-6-12(2-1-9(14)7-17)19-11-3-4-13-10(5-11)8-18-15-13/h1-6,15H,8H2. The van der Waals surface area contributed by atoms with E-state index in [0.29, 0.717) is 30.4 Å². The van der Waals surface area contributed by atoms with Crippen molar-refractivity contribution in [3.05, 3.63) is 52.5 Å². The Hall–Kier alpha value is -1.96. The summed E-state index contributed by atoms with van der Waals surface area (Å²) in [4.78, 5) is 0. The SMILES string of the molecule is N#Cc1ccc(Oc2ccc3c(c2)COB3)cc1Cl. The molecular formula is C14H9BClNO2. The van der Waals surface area contributed by atoms with Crippen molar-refractivity contribution in [2.75, 3.05) is 0 Å². The first-order chi connectivity index (χ1) is 9.26. The van der Waals surface area contributed by atoms with Gasteiger partial charge >= 0.3 is 7.48 Å². The molecule has 0 fully saturated rings. The summed E-state index contributed by atoms with van der Waals surface area (Å²) in [6.45, 7) is 0.626. The van der Waals surface area contributed by atoms with Gasteiger partial charge < -0.3 is 9.39 Å². The third-order valence-corrected chi connectivity index (χ3v) is 3.30. The number of hydrogen-bond donors (Lipinski definition) is 0. The van der Waals surface area contributed by atoms with E-state index in [9.17, 15) is 0 Å². The van der Waals surface area contributed by atoms with E-state index in [2.05, 4.69) is 0 Å². The van der Waals surface area contributed by atoms with Crippen LogP contribution in [0.5, 0.6) is 11.5 Å². The molecule has 0 amide bonds. The molecule has 0 spiro atoms. The number of fused-ring (bicyclic) bond motifs is 1. The Balaban J connectivity index is 1.85. The second kappa shape index (κ2) is 4.97. The topological polar surface area (TPSA) is 42.2 Å². The number of rotatable bonds is 2. The first-order valence-corrected chi connectivity index (χ1v) is 6.21. The molecule has 0 unspecified atom stereocenters. The van der Waals surface area contributed by atoms with Crippen molar-refractivity contribution < 1.29 is 9.39 Å². The minimum atomic E-state index is 0.393. The Bertz CT molecular complexity index is 673. The summed E-state index contributed by atoms with van der Waals surface area (Å²) in [5.41, 5.74) is 2.79. The average Bonchev–Trinajstić information content (AvgIpc) is 2.86. The molecule has 3 nitrogen and oxygen atoms in total. The molecule has 0 aliphatic carbocycles. The van der Waals surface area contributed by atoms with Crippen LogP contribution < -0.4 is 10.2 Å². The summed E-state index contributed by atoms with van der Waals surface area (Å²) >= 11 is 5.97. The number of nitrogens with zero attached hydrogens (tertiary/aromatic N) is 1. The van der Waals surface area contributed by atoms with Gasteiger partial charge in [0.05, 0.1) is 17.2 Å². The molecule has 1 aliphatic heterocycles. The van der Waals surface area contributed by atoms with E-state index in [1.165, 1.54) is 5.46 Å². The van der Waals surface area contributed by atoms with Gasteiger partial charge in [-0.15, -0.1) is 0 Å². The Labute approximate surface area is 116 Å². The van der Waals surface area contributed by atoms with Gasteiger partial charge in [-0.3, -0.25) is 0 Å². The molecule has 19 heavy (non-hydrogen) atoms. The lowest BCUT2D eigenvalue weighted by atomic mass is 9.87. The van der Waals surface area contributed by atoms with Gasteiger partial charge in [0.1, 0.15) is 17.6 Å². The molecule has 0 saturated carbocycles. The molecule has 3 rings (SSSR count). The summed E-state index contributed by atoms with van der Waals surface area (Å²) in [6.07, 6.45) is 0. The van der Waals surface area contributed by atoms with Crippen LogP contribution in [-0.2, 0) is 11.3 Å². The Morgan fingerprint density at radius 2 is 2.00 bits per heavy atom. The van der Waals surface area contributed by atoms with Crippen LogP contribution in [0.1, 0.15) is 11.1 Å². The molecule has 0 atom stereocenters. The average molecular weight is 269 g/mol. The van der Waals surface area contributed by atoms with Crippen LogP contribution in [0.25, 0.3) is 0 Å². The first-order valence-electron chi connectivity index (χ1n) is 5.83. The fourth-order valence-electron chi connectivity index (χ4n) is 2.00. The van der Waals surface area contributed by atoms with Gasteiger partial charge in [0, 0.05) is 6.07 Å². The van der Waals surface area contributed by atoms with Gasteiger partial charge in [0.15, 0.2) is 0 Å². The van der Waals surface area contributed by atoms with Crippen molar-refractivity contribution >= 4 is 24.5 Å². The zero-order chi connectivity index (χ0) is 13.2. The molecule has 0 bridgehead atoms. The summed E-state index contributed by atoms with van der Waals surface area (Å²) in [5.74, 6) is 1.35. The van der Waals surface area contributed by atoms with Crippen LogP contribution in [0.2, 0.25) is 5.02 Å². The lowest BCUT2D eigenvalue weighted by molar-refractivity contribution is 0.344. The first kappa shape index (κ1) is 12.1. The largest absolute Gasteiger partial charge is 0.457 e. The highest BCUT2D eigenvalue weighted by Crippen LogP contribution is 2.27. The van der Waals surface area contributed by atoms with E-state index in [1.54, 1.807) is 18.2 Å². The minimum absolute atomic E-state index is 0.393. The van der Waals surface area contributed by atoms with E-state index in [1.807, 2.05) is 24.3 Å². The van der Waals surface area contributed by atoms with Crippen LogP contribution in [-0.4, -0.2) is 7.48 Å². The molecule has 1 heterocycles. The highest BCUT2D eigenvalue weighted by Gasteiger charge is 2.13. The molecule has 5 heteroatoms. The normalized spacial score (nSPS) is 12.4. The quantitative estimate of drug-likeness (QED) is 0.787. The van der Waals surface area contributed by atoms with E-state index in [0.717, 1.165) is 11.3 Å². The zero-order valence-electron chi connectivity index (χ0n) is 10.0. The molecule has 0 saturated heterocycles. The van der Waals surface area contributed by atoms with Crippen LogP contribution in [0.4, 0.5) is 0 Å². The third kappa shape index (κ3) is 2.44. The van der Waals surface area contributed by atoms with Crippen LogP contribution >= 0.6 is 11.6 Å². The van der Waals surface area contributed by atoms with Crippen molar-refractivity contribution in [1.82, 2.24) is 0 Å². The number of nitriles is 1. The number of ether oxygens (including phenoxy) is 1. The number of halogens is 1. The fraction of sp³-hybridized carbons (Fsp3) is 0.0714. The van der Waals surface area contributed by atoms with Crippen molar-refractivity contribution in [1.29, 1.82) is 5.26 Å². The second-order valence-electron chi connectivity index (χ2n) is 4.28. The molecule has 0 radical (unpaired) electrons. The summed E-state index contributed by atoms with van der Waals surface area (Å²) in [5, 5.41) is 9.21. The molecule has 2 aromatic rings. The zero-order valence-corrected chi connectivity index (χ0v) is 10.8. The summed E-state index contributed by atoms with van der Waals surface area (Å²) in [7, 11) is 0.665. The predicted molar refractivity (Wildman–Crippen MR) is 74.3 cm³/mol. The Morgan fingerprint density at radius 1 is 1.21 bits per heavy atom. The van der Waals surface area contributed by atoms with Crippen molar-refractivity contribution in [3.63, 3.8) is 0 Å². The Kier molecular flexibility index (Phi) is 3.16. The van der Waals surface area contributed by atoms with E-state index in [4.69, 9.17) is 26.3 Å². The van der Waals surface area contributed by atoms with Gasteiger partial charge in [-0.25, -0.2) is 0 Å². The van der Waals surface area contributed by atoms with E-state index < -0.39 is 0 Å². The van der Waals surface area contributed by atoms with Gasteiger partial charge in [-0.05, 0) is 35.3 Å². The monoisotopic (exact) mass is 269 g/mol. The highest BCUT2D eigenvalue weighted by molar-refractivity contribution is 6.48. The lowest BCUT2D eigenvalue weighted by Crippen LogP contribution is -2.10. The van der Waals surface area contributed by atoms with Crippen LogP contribution in [0.3, 0.4) is 0 Å². The molecule has 92 valence electrons. The van der Waals surface area contributed by atoms with Gasteiger partial charge in [-0.1, -0.05) is 17.7 Å². The van der Waals surface area contributed by atoms with Crippen molar-refractivity contribution in [2.45, 2.75) is 6.61 Å². The van der Waals surface area contributed by atoms with E-state index >= 15 is 0 Å². The number of hydrogen-bond acceptors (Lipinski definition) is 3. The molecule has 0 N–H and O–H groups in total. The molecule has 0 aromatic heterocycles. The van der Waals surface area contributed by atoms with Crippen molar-refractivity contribution in [2.24, 2.45) is 0 Å². The Morgan fingerprint density at radius 3 is 2.79 bits per heavy atom. The highest BCUT2D eigenvalue weighted by atomic mass is 35.5. The van der Waals surface area contributed by atoms with Gasteiger partial charge in [0.2, 0.25) is 0 Å². The second-order valence-corrected chi connectivity index (χ2v) is 4.69. The molecule has 1 aliphatic rings. The predicted octanol–water partition coefficient (Wildman–Crippen LogP) is 2.51. The maximum absolute atomic E-state index is 8.82. The van der Waals surface area contributed by atoms with Crippen molar-refractivity contribution in [3.8, 4) is 17.6 Å². The van der Waals surface area contributed by atoms with Crippen LogP contribution in [0.15, 0.2) is 36.4 Å². The summed E-state index contributed by atoms with van der Waals surface area (Å²) in [6, 6.07) is 12.9. The third-order valence-electron chi connectivity index (χ3n) is 2.99. The smallest absolute Gasteiger partial charge is 0.309 e. The van der Waals surface area contributed by atoms with E-state index in [-0.39, 0.29) is 0 Å². The lowest BCUT2D eigenvalue weighted by Gasteiger charge is -2.08. The fourth-order valence-corrected chi connectivity index (χ4v) is 2.21. The molecular weight excluding hydrogens is 260 g/mol. The van der Waals surface area contributed by atoms with Gasteiger partial charge in [-0.2, -0.15) is 5.26 Å².